The van der Waals surface area contributed by atoms with Gasteiger partial charge in [-0.2, -0.15) is 0 Å². The largest absolute Gasteiger partial charge is 0.489 e. The molecule has 22 aromatic rings. The van der Waals surface area contributed by atoms with Crippen LogP contribution in [0.15, 0.2) is 464 Å². The molecular formula is C114H79B2Br2IO4. The van der Waals surface area contributed by atoms with Crippen molar-refractivity contribution in [3.8, 4) is 89.0 Å². The molecule has 4 nitrogen and oxygen atoms in total. The Bertz CT molecular complexity index is 7560. The molecule has 0 amide bonds. The Labute approximate surface area is 746 Å². The van der Waals surface area contributed by atoms with Crippen molar-refractivity contribution in [2.75, 3.05) is 0 Å². The molecule has 0 heterocycles. The van der Waals surface area contributed by atoms with E-state index >= 15 is 0 Å². The lowest BCUT2D eigenvalue weighted by Gasteiger charge is -2.13. The average molecular weight is 1820 g/mol. The highest BCUT2D eigenvalue weighted by molar-refractivity contribution is 14.1. The highest BCUT2D eigenvalue weighted by Crippen LogP contribution is 2.42. The molecular weight excluding hydrogens is 1740 g/mol. The standard InChI is InChI=1S/C46H30.C24H17BO2.C22H15Br.C16H13BO2.C6H4BrI/c1-2-10-32(11-3-1)40-26-27-41(44-16-7-6-15-43(40)44)33-20-18-31(19-21-33)34-22-23-36-29-38(25-24-35(36)28-34)46-30-37-12-4-5-13-39(37)42-14-8-9-17-45(42)46;26-25(27)20-12-11-16-13-19(10-9-17(16)14-20)24-15-18-5-1-2-6-21(18)22-7-3-4-8-23(22)24;23-18-12-10-17(11-13-18)20-15-14-19(16-6-2-1-3-7-16)21-8-4-5-9-22(20)21;18-17(19)16-11-10-13(12-6-2-1-3-7-12)14-8-4-5-9-15(14)16;7-5-1-3-6(8)4-2-5/h1-30H;1-15,26-27H;1-15H;1-11,18-19H;1-4H. The fourth-order valence-electron chi connectivity index (χ4n) is 16.9. The Morgan fingerprint density at radius 2 is 0.439 bits per heavy atom. The van der Waals surface area contributed by atoms with Crippen LogP contribution in [0.5, 0.6) is 0 Å². The lowest BCUT2D eigenvalue weighted by molar-refractivity contribution is 0.424. The molecule has 22 aromatic carbocycles. The number of hydrogen-bond donors (Lipinski definition) is 4. The number of benzene rings is 22. The molecule has 0 saturated carbocycles. The van der Waals surface area contributed by atoms with E-state index in [0.29, 0.717) is 10.9 Å². The number of hydrogen-bond acceptors (Lipinski definition) is 4. The van der Waals surface area contributed by atoms with E-state index in [-0.39, 0.29) is 0 Å². The van der Waals surface area contributed by atoms with Crippen molar-refractivity contribution in [1.82, 2.24) is 0 Å². The van der Waals surface area contributed by atoms with Crippen LogP contribution in [-0.2, 0) is 0 Å². The third-order valence-electron chi connectivity index (χ3n) is 23.0. The van der Waals surface area contributed by atoms with Gasteiger partial charge in [0.05, 0.1) is 0 Å². The number of fused-ring (bicyclic) bond motifs is 11. The molecule has 0 radical (unpaired) electrons. The summed E-state index contributed by atoms with van der Waals surface area (Å²) in [7, 11) is -2.90. The zero-order chi connectivity index (χ0) is 83.7. The van der Waals surface area contributed by atoms with E-state index in [1.54, 1.807) is 12.1 Å². The normalized spacial score (nSPS) is 11.0. The first-order chi connectivity index (χ1) is 60.4. The van der Waals surface area contributed by atoms with Gasteiger partial charge in [0.15, 0.2) is 0 Å². The Kier molecular flexibility index (Phi) is 24.4. The first-order valence-electron chi connectivity index (χ1n) is 41.0. The number of halogens is 3. The van der Waals surface area contributed by atoms with Gasteiger partial charge in [-0.05, 0) is 286 Å². The van der Waals surface area contributed by atoms with E-state index < -0.39 is 14.2 Å². The molecule has 0 aromatic heterocycles. The summed E-state index contributed by atoms with van der Waals surface area (Å²) in [6.07, 6.45) is 0. The van der Waals surface area contributed by atoms with Gasteiger partial charge in [-0.3, -0.25) is 0 Å². The van der Waals surface area contributed by atoms with Crippen LogP contribution in [0, 0.1) is 3.57 Å². The first-order valence-corrected chi connectivity index (χ1v) is 43.7. The van der Waals surface area contributed by atoms with E-state index in [1.165, 1.54) is 151 Å². The van der Waals surface area contributed by atoms with Crippen LogP contribution >= 0.6 is 54.5 Å². The quantitative estimate of drug-likeness (QED) is 0.0625. The van der Waals surface area contributed by atoms with Gasteiger partial charge >= 0.3 is 14.2 Å². The van der Waals surface area contributed by atoms with Gasteiger partial charge in [-0.25, -0.2) is 0 Å². The monoisotopic (exact) mass is 1820 g/mol. The van der Waals surface area contributed by atoms with Crippen LogP contribution in [-0.4, -0.2) is 34.3 Å². The summed E-state index contributed by atoms with van der Waals surface area (Å²) in [6.45, 7) is 0. The summed E-state index contributed by atoms with van der Waals surface area (Å²) < 4.78 is 3.51. The molecule has 123 heavy (non-hydrogen) atoms. The Morgan fingerprint density at radius 3 is 0.821 bits per heavy atom. The predicted molar refractivity (Wildman–Crippen MR) is 541 cm³/mol. The van der Waals surface area contributed by atoms with Gasteiger partial charge < -0.3 is 20.1 Å². The van der Waals surface area contributed by atoms with Gasteiger partial charge in [0.25, 0.3) is 0 Å². The van der Waals surface area contributed by atoms with E-state index in [2.05, 4.69) is 418 Å². The van der Waals surface area contributed by atoms with Crippen molar-refractivity contribution in [1.29, 1.82) is 0 Å². The summed E-state index contributed by atoms with van der Waals surface area (Å²) >= 11 is 9.13. The molecule has 0 fully saturated rings. The van der Waals surface area contributed by atoms with Crippen LogP contribution in [0.3, 0.4) is 0 Å². The van der Waals surface area contributed by atoms with Crippen LogP contribution in [0.2, 0.25) is 0 Å². The maximum atomic E-state index is 9.44. The van der Waals surface area contributed by atoms with Crippen molar-refractivity contribution >= 4 is 177 Å². The highest BCUT2D eigenvalue weighted by atomic mass is 127. The van der Waals surface area contributed by atoms with Gasteiger partial charge in [-0.15, -0.1) is 0 Å². The third kappa shape index (κ3) is 17.7. The summed E-state index contributed by atoms with van der Waals surface area (Å²) in [6, 6.07) is 159. The summed E-state index contributed by atoms with van der Waals surface area (Å²) in [4.78, 5) is 0. The van der Waals surface area contributed by atoms with Gasteiger partial charge in [0.2, 0.25) is 0 Å². The van der Waals surface area contributed by atoms with Crippen molar-refractivity contribution < 1.29 is 20.1 Å². The van der Waals surface area contributed by atoms with Gasteiger partial charge in [0, 0.05) is 12.5 Å². The average Bonchev–Trinajstić information content (AvgIpc) is 0.800. The minimum absolute atomic E-state index is 0.506. The molecule has 0 bridgehead atoms. The fourth-order valence-corrected chi connectivity index (χ4v) is 17.8. The van der Waals surface area contributed by atoms with Crippen molar-refractivity contribution in [2.24, 2.45) is 0 Å². The predicted octanol–water partition coefficient (Wildman–Crippen LogP) is 29.6. The fraction of sp³-hybridized carbons (Fsp3) is 0. The molecule has 586 valence electrons. The van der Waals surface area contributed by atoms with E-state index in [9.17, 15) is 20.1 Å². The molecule has 9 heteroatoms. The van der Waals surface area contributed by atoms with Gasteiger partial charge in [-0.1, -0.05) is 420 Å². The third-order valence-corrected chi connectivity index (χ3v) is 24.8. The summed E-state index contributed by atoms with van der Waals surface area (Å²) in [5, 5.41) is 59.4. The smallest absolute Gasteiger partial charge is 0.423 e. The molecule has 0 saturated heterocycles. The van der Waals surface area contributed by atoms with E-state index in [0.717, 1.165) is 47.2 Å². The Morgan fingerprint density at radius 1 is 0.171 bits per heavy atom. The van der Waals surface area contributed by atoms with Crippen LogP contribution < -0.4 is 10.9 Å². The second-order valence-corrected chi connectivity index (χ2v) is 33.6. The molecule has 0 atom stereocenters. The second-order valence-electron chi connectivity index (χ2n) is 30.5. The molecule has 0 aliphatic heterocycles. The van der Waals surface area contributed by atoms with Crippen molar-refractivity contribution in [3.63, 3.8) is 0 Å². The Balaban J connectivity index is 0.000000115. The topological polar surface area (TPSA) is 80.9 Å². The zero-order valence-electron chi connectivity index (χ0n) is 66.9. The van der Waals surface area contributed by atoms with E-state index in [1.807, 2.05) is 78.9 Å². The van der Waals surface area contributed by atoms with Crippen LogP contribution in [0.1, 0.15) is 0 Å². The lowest BCUT2D eigenvalue weighted by Crippen LogP contribution is -2.30. The summed E-state index contributed by atoms with van der Waals surface area (Å²) in [5.74, 6) is 0. The minimum Gasteiger partial charge on any atom is -0.423 e. The molecule has 22 rings (SSSR count). The highest BCUT2D eigenvalue weighted by Gasteiger charge is 2.19. The minimum atomic E-state index is -1.45. The molecule has 0 aliphatic carbocycles. The van der Waals surface area contributed by atoms with E-state index in [4.69, 9.17) is 0 Å². The zero-order valence-corrected chi connectivity index (χ0v) is 72.2. The molecule has 4 N–H and O–H groups in total. The van der Waals surface area contributed by atoms with Crippen LogP contribution in [0.4, 0.5) is 0 Å². The maximum absolute atomic E-state index is 9.44. The Hall–Kier alpha value is -13.2. The number of rotatable bonds is 10. The summed E-state index contributed by atoms with van der Waals surface area (Å²) in [5.41, 5.74) is 20.6. The van der Waals surface area contributed by atoms with Crippen LogP contribution in [0.25, 0.3) is 186 Å². The second kappa shape index (κ2) is 37.0. The molecule has 0 spiro atoms. The van der Waals surface area contributed by atoms with Crippen molar-refractivity contribution in [2.45, 2.75) is 0 Å². The first kappa shape index (κ1) is 80.9. The molecule has 0 aliphatic rings. The maximum Gasteiger partial charge on any atom is 0.489 e. The van der Waals surface area contributed by atoms with Crippen molar-refractivity contribution in [3.05, 3.63) is 467 Å². The van der Waals surface area contributed by atoms with Gasteiger partial charge in [0.1, 0.15) is 0 Å². The lowest BCUT2D eigenvalue weighted by atomic mass is 9.76. The molecule has 0 unspecified atom stereocenters. The SMILES string of the molecule is Brc1ccc(-c2ccc(-c3ccccc3)c3ccccc23)cc1.Brc1ccc(I)cc1.OB(O)c1ccc(-c2ccccc2)c2ccccc12.OB(O)c1ccc2cc(-c3cc4ccccc4c4ccccc34)ccc2c1.c1ccc(-c2ccc(-c3ccc(-c4ccc5cc(-c6cc7ccccc7c7ccccc67)ccc5c4)cc3)c3ccccc23)cc1.